The van der Waals surface area contributed by atoms with Crippen molar-refractivity contribution < 1.29 is 14.4 Å². The second kappa shape index (κ2) is 9.15. The van der Waals surface area contributed by atoms with E-state index in [-0.39, 0.29) is 16.6 Å². The van der Waals surface area contributed by atoms with Gasteiger partial charge < -0.3 is 10.6 Å². The van der Waals surface area contributed by atoms with Gasteiger partial charge >= 0.3 is 0 Å². The van der Waals surface area contributed by atoms with E-state index in [1.165, 1.54) is 0 Å². The number of hydrogen-bond acceptors (Lipinski definition) is 4. The highest BCUT2D eigenvalue weighted by Crippen LogP contribution is 2.31. The lowest BCUT2D eigenvalue weighted by molar-refractivity contribution is -0.120. The van der Waals surface area contributed by atoms with Crippen molar-refractivity contribution in [1.82, 2.24) is 0 Å². The number of nitrogens with one attached hydrogen (secondary N) is 2. The highest BCUT2D eigenvalue weighted by Gasteiger charge is 2.39. The number of nitrogens with zero attached hydrogens (tertiary/aromatic N) is 1. The molecule has 0 saturated heterocycles. The third-order valence-electron chi connectivity index (χ3n) is 5.71. The zero-order valence-electron chi connectivity index (χ0n) is 19.3. The van der Waals surface area contributed by atoms with E-state index in [9.17, 15) is 14.4 Å². The number of carbonyl (C=O) groups is 3. The Hall–Kier alpha value is -3.90. The topological polar surface area (TPSA) is 78.5 Å². The Morgan fingerprint density at radius 1 is 0.765 bits per heavy atom. The molecule has 0 atom stereocenters. The fraction of sp³-hybridized carbons (Fsp3) is 0.148. The van der Waals surface area contributed by atoms with Crippen LogP contribution in [0.25, 0.3) is 0 Å². The Labute approximate surface area is 203 Å². The summed E-state index contributed by atoms with van der Waals surface area (Å²) in [5.74, 6) is -1.44. The molecule has 1 heterocycles. The summed E-state index contributed by atoms with van der Waals surface area (Å²) in [5.41, 5.74) is 5.91. The summed E-state index contributed by atoms with van der Waals surface area (Å²) in [6.07, 6.45) is 0. The van der Waals surface area contributed by atoms with Crippen molar-refractivity contribution in [2.75, 3.05) is 15.5 Å². The van der Waals surface area contributed by atoms with Crippen molar-refractivity contribution in [3.05, 3.63) is 99.2 Å². The molecule has 6 nitrogen and oxygen atoms in total. The number of imide groups is 1. The summed E-state index contributed by atoms with van der Waals surface area (Å²) in [6.45, 7) is 7.68. The van der Waals surface area contributed by atoms with Gasteiger partial charge in [-0.2, -0.15) is 0 Å². The van der Waals surface area contributed by atoms with Gasteiger partial charge in [0, 0.05) is 16.9 Å². The summed E-state index contributed by atoms with van der Waals surface area (Å²) in [6, 6.07) is 17.9. The number of rotatable bonds is 5. The number of benzene rings is 3. The molecule has 0 spiro atoms. The van der Waals surface area contributed by atoms with Crippen LogP contribution in [0.5, 0.6) is 0 Å². The maximum Gasteiger partial charge on any atom is 0.283 e. The van der Waals surface area contributed by atoms with Crippen molar-refractivity contribution in [2.45, 2.75) is 27.7 Å². The second-order valence-electron chi connectivity index (χ2n) is 8.40. The molecule has 3 aromatic carbocycles. The van der Waals surface area contributed by atoms with Gasteiger partial charge in [0.15, 0.2) is 0 Å². The zero-order valence-corrected chi connectivity index (χ0v) is 20.1. The fourth-order valence-corrected chi connectivity index (χ4v) is 3.93. The highest BCUT2D eigenvalue weighted by atomic mass is 35.5. The Morgan fingerprint density at radius 3 is 2.12 bits per heavy atom. The fourth-order valence-electron chi connectivity index (χ4n) is 3.72. The molecule has 0 radical (unpaired) electrons. The van der Waals surface area contributed by atoms with Crippen molar-refractivity contribution in [1.29, 1.82) is 0 Å². The molecule has 0 unspecified atom stereocenters. The van der Waals surface area contributed by atoms with E-state index in [0.717, 1.165) is 32.8 Å². The Morgan fingerprint density at radius 2 is 1.44 bits per heavy atom. The predicted molar refractivity (Wildman–Crippen MR) is 135 cm³/mol. The molecule has 0 fully saturated rings. The third kappa shape index (κ3) is 4.45. The minimum absolute atomic E-state index is 0.0257. The highest BCUT2D eigenvalue weighted by molar-refractivity contribution is 6.53. The molecule has 1 aliphatic heterocycles. The molecule has 2 N–H and O–H groups in total. The van der Waals surface area contributed by atoms with E-state index in [1.807, 2.05) is 58.0 Å². The number of halogens is 1. The van der Waals surface area contributed by atoms with E-state index >= 15 is 0 Å². The number of anilines is 3. The molecule has 4 rings (SSSR count). The SMILES string of the molecule is Cc1ccc(N2C(=O)C(Cl)=C(Nc3cc(C(=O)Nc4ccc(C)cc4C)ccc3C)C2=O)cc1. The number of amides is 3. The molecule has 0 saturated carbocycles. The van der Waals surface area contributed by atoms with Crippen LogP contribution in [0, 0.1) is 27.7 Å². The molecule has 3 amide bonds. The Kier molecular flexibility index (Phi) is 6.26. The maximum absolute atomic E-state index is 13.1. The van der Waals surface area contributed by atoms with Crippen LogP contribution in [-0.4, -0.2) is 17.7 Å². The van der Waals surface area contributed by atoms with E-state index in [1.54, 1.807) is 30.3 Å². The second-order valence-corrected chi connectivity index (χ2v) is 8.78. The molecular weight excluding hydrogens is 450 g/mol. The summed E-state index contributed by atoms with van der Waals surface area (Å²) in [4.78, 5) is 39.7. The largest absolute Gasteiger partial charge is 0.349 e. The molecule has 0 bridgehead atoms. The normalized spacial score (nSPS) is 13.5. The van der Waals surface area contributed by atoms with Crippen molar-refractivity contribution in [3.63, 3.8) is 0 Å². The quantitative estimate of drug-likeness (QED) is 0.472. The average molecular weight is 474 g/mol. The monoisotopic (exact) mass is 473 g/mol. The maximum atomic E-state index is 13.1. The van der Waals surface area contributed by atoms with E-state index in [4.69, 9.17) is 11.6 Å². The van der Waals surface area contributed by atoms with Gasteiger partial charge in [-0.25, -0.2) is 4.90 Å². The molecule has 1 aliphatic rings. The Bertz CT molecular complexity index is 1360. The first-order valence-corrected chi connectivity index (χ1v) is 11.1. The van der Waals surface area contributed by atoms with Crippen LogP contribution in [0.1, 0.15) is 32.6 Å². The van der Waals surface area contributed by atoms with Gasteiger partial charge in [-0.05, 0) is 69.2 Å². The standard InChI is InChI=1S/C27H24ClN3O3/c1-15-5-10-20(11-6-15)31-26(33)23(28)24(27(31)34)29-22-14-19(9-8-17(22)3)25(32)30-21-12-7-16(2)13-18(21)4/h5-14,29H,1-4H3,(H,30,32). The molecule has 7 heteroatoms. The predicted octanol–water partition coefficient (Wildman–Crippen LogP) is 5.61. The van der Waals surface area contributed by atoms with Gasteiger partial charge in [-0.3, -0.25) is 14.4 Å². The number of carbonyl (C=O) groups excluding carboxylic acids is 3. The number of hydrogen-bond donors (Lipinski definition) is 2. The van der Waals surface area contributed by atoms with E-state index in [2.05, 4.69) is 10.6 Å². The number of aryl methyl sites for hydroxylation is 4. The molecule has 0 aromatic heterocycles. The third-order valence-corrected chi connectivity index (χ3v) is 6.06. The zero-order chi connectivity index (χ0) is 24.6. The lowest BCUT2D eigenvalue weighted by Crippen LogP contribution is -2.32. The van der Waals surface area contributed by atoms with Crippen molar-refractivity contribution >= 4 is 46.4 Å². The minimum Gasteiger partial charge on any atom is -0.349 e. The molecule has 172 valence electrons. The van der Waals surface area contributed by atoms with Crippen LogP contribution in [0.15, 0.2) is 71.4 Å². The molecule has 34 heavy (non-hydrogen) atoms. The molecule has 0 aliphatic carbocycles. The summed E-state index contributed by atoms with van der Waals surface area (Å²) < 4.78 is 0. The van der Waals surface area contributed by atoms with Crippen LogP contribution in [-0.2, 0) is 9.59 Å². The molecule has 3 aromatic rings. The first-order valence-electron chi connectivity index (χ1n) is 10.8. The summed E-state index contributed by atoms with van der Waals surface area (Å²) >= 11 is 6.27. The van der Waals surface area contributed by atoms with Crippen LogP contribution < -0.4 is 15.5 Å². The van der Waals surface area contributed by atoms with E-state index in [0.29, 0.717) is 16.9 Å². The van der Waals surface area contributed by atoms with Crippen LogP contribution in [0.2, 0.25) is 0 Å². The van der Waals surface area contributed by atoms with Crippen LogP contribution in [0.4, 0.5) is 17.1 Å². The van der Waals surface area contributed by atoms with Gasteiger partial charge in [0.1, 0.15) is 10.7 Å². The van der Waals surface area contributed by atoms with E-state index < -0.39 is 11.8 Å². The van der Waals surface area contributed by atoms with Crippen molar-refractivity contribution in [3.8, 4) is 0 Å². The van der Waals surface area contributed by atoms with Gasteiger partial charge in [0.2, 0.25) is 0 Å². The van der Waals surface area contributed by atoms with Gasteiger partial charge in [-0.15, -0.1) is 0 Å². The Balaban J connectivity index is 1.58. The van der Waals surface area contributed by atoms with Crippen LogP contribution >= 0.6 is 11.6 Å². The smallest absolute Gasteiger partial charge is 0.283 e. The first kappa shape index (κ1) is 23.3. The summed E-state index contributed by atoms with van der Waals surface area (Å²) in [7, 11) is 0. The first-order chi connectivity index (χ1) is 16.2. The summed E-state index contributed by atoms with van der Waals surface area (Å²) in [5, 5.41) is 5.70. The van der Waals surface area contributed by atoms with Gasteiger partial charge in [0.05, 0.1) is 5.69 Å². The molecular formula is C27H24ClN3O3. The van der Waals surface area contributed by atoms with Crippen molar-refractivity contribution in [2.24, 2.45) is 0 Å². The van der Waals surface area contributed by atoms with Gasteiger partial charge in [-0.1, -0.05) is 53.1 Å². The lowest BCUT2D eigenvalue weighted by atomic mass is 10.1. The average Bonchev–Trinajstić information content (AvgIpc) is 3.01. The minimum atomic E-state index is -0.598. The van der Waals surface area contributed by atoms with Gasteiger partial charge in [0.25, 0.3) is 17.7 Å². The van der Waals surface area contributed by atoms with Crippen LogP contribution in [0.3, 0.4) is 0 Å². The lowest BCUT2D eigenvalue weighted by Gasteiger charge is -2.16.